The molecule has 0 spiro atoms. The summed E-state index contributed by atoms with van der Waals surface area (Å²) in [6, 6.07) is 12.8. The van der Waals surface area contributed by atoms with Crippen molar-refractivity contribution in [2.24, 2.45) is 0 Å². The predicted molar refractivity (Wildman–Crippen MR) is 128 cm³/mol. The summed E-state index contributed by atoms with van der Waals surface area (Å²) in [6.45, 7) is 7.81. The smallest absolute Gasteiger partial charge is 0.263 e. The number of aromatic nitrogens is 3. The number of carbonyl (C=O) groups is 1. The van der Waals surface area contributed by atoms with E-state index < -0.39 is 0 Å². The van der Waals surface area contributed by atoms with Gasteiger partial charge >= 0.3 is 0 Å². The molecule has 8 heteroatoms. The van der Waals surface area contributed by atoms with Gasteiger partial charge in [0.1, 0.15) is 11.6 Å². The maximum atomic E-state index is 12.6. The van der Waals surface area contributed by atoms with Crippen molar-refractivity contribution in [2.45, 2.75) is 27.7 Å². The molecule has 2 aromatic carbocycles. The summed E-state index contributed by atoms with van der Waals surface area (Å²) in [5.74, 6) is 1.18. The maximum Gasteiger partial charge on any atom is 0.263 e. The summed E-state index contributed by atoms with van der Waals surface area (Å²) in [5.41, 5.74) is 5.03. The first kappa shape index (κ1) is 22.1. The van der Waals surface area contributed by atoms with Crippen molar-refractivity contribution >= 4 is 45.8 Å². The van der Waals surface area contributed by atoms with Crippen LogP contribution in [0.25, 0.3) is 16.7 Å². The number of pyridine rings is 1. The van der Waals surface area contributed by atoms with Crippen LogP contribution in [0.5, 0.6) is 5.75 Å². The van der Waals surface area contributed by atoms with E-state index >= 15 is 0 Å². The SMILES string of the molecule is Cc1cc(C)c2nc(-n3nc(C)cc3NC(=O)COc3ccc(Cl)cc3Cl)cc(C)c2c1. The monoisotopic (exact) mass is 468 g/mol. The molecule has 0 atom stereocenters. The van der Waals surface area contributed by atoms with Crippen molar-refractivity contribution in [3.8, 4) is 11.6 Å². The molecule has 0 aliphatic rings. The van der Waals surface area contributed by atoms with Crippen molar-refractivity contribution in [3.63, 3.8) is 0 Å². The number of anilines is 1. The Morgan fingerprint density at radius 2 is 1.81 bits per heavy atom. The largest absolute Gasteiger partial charge is 0.482 e. The van der Waals surface area contributed by atoms with Gasteiger partial charge in [0.15, 0.2) is 12.4 Å². The molecule has 164 valence electrons. The molecule has 2 heterocycles. The third kappa shape index (κ3) is 4.56. The average Bonchev–Trinajstić information content (AvgIpc) is 3.08. The summed E-state index contributed by atoms with van der Waals surface area (Å²) < 4.78 is 7.17. The molecule has 4 rings (SSSR count). The Balaban J connectivity index is 1.60. The van der Waals surface area contributed by atoms with Crippen LogP contribution in [0, 0.1) is 27.7 Å². The summed E-state index contributed by atoms with van der Waals surface area (Å²) in [6.07, 6.45) is 0. The highest BCUT2D eigenvalue weighted by Crippen LogP contribution is 2.28. The Kier molecular flexibility index (Phi) is 6.09. The number of hydrogen-bond donors (Lipinski definition) is 1. The van der Waals surface area contributed by atoms with Gasteiger partial charge in [0.25, 0.3) is 5.91 Å². The van der Waals surface area contributed by atoms with E-state index in [1.54, 1.807) is 28.9 Å². The van der Waals surface area contributed by atoms with Gasteiger partial charge in [-0.25, -0.2) is 4.98 Å². The van der Waals surface area contributed by atoms with Crippen LogP contribution in [0.2, 0.25) is 10.0 Å². The summed E-state index contributed by atoms with van der Waals surface area (Å²) in [7, 11) is 0. The minimum atomic E-state index is -0.346. The molecule has 1 N–H and O–H groups in total. The van der Waals surface area contributed by atoms with E-state index in [9.17, 15) is 4.79 Å². The number of nitrogens with zero attached hydrogens (tertiary/aromatic N) is 3. The summed E-state index contributed by atoms with van der Waals surface area (Å²) >= 11 is 12.0. The molecule has 32 heavy (non-hydrogen) atoms. The second-order valence-electron chi connectivity index (χ2n) is 7.77. The predicted octanol–water partition coefficient (Wildman–Crippen LogP) is 5.98. The fourth-order valence-electron chi connectivity index (χ4n) is 3.61. The first-order chi connectivity index (χ1) is 15.2. The second-order valence-corrected chi connectivity index (χ2v) is 8.61. The molecule has 4 aromatic rings. The van der Waals surface area contributed by atoms with Gasteiger partial charge in [-0.15, -0.1) is 0 Å². The Morgan fingerprint density at radius 1 is 1.03 bits per heavy atom. The minimum absolute atomic E-state index is 0.214. The van der Waals surface area contributed by atoms with E-state index in [0.717, 1.165) is 27.7 Å². The van der Waals surface area contributed by atoms with E-state index in [1.165, 1.54) is 5.56 Å². The molecule has 2 aromatic heterocycles. The molecule has 6 nitrogen and oxygen atoms in total. The number of nitrogens with one attached hydrogen (secondary N) is 1. The molecule has 0 fully saturated rings. The second kappa shape index (κ2) is 8.81. The zero-order valence-electron chi connectivity index (χ0n) is 18.2. The van der Waals surface area contributed by atoms with Crippen LogP contribution < -0.4 is 10.1 Å². The van der Waals surface area contributed by atoms with Crippen LogP contribution >= 0.6 is 23.2 Å². The van der Waals surface area contributed by atoms with E-state index in [1.807, 2.05) is 26.8 Å². The zero-order valence-corrected chi connectivity index (χ0v) is 19.7. The van der Waals surface area contributed by atoms with Gasteiger partial charge < -0.3 is 10.1 Å². The van der Waals surface area contributed by atoms with E-state index in [2.05, 4.69) is 29.5 Å². The molecule has 0 bridgehead atoms. The number of hydrogen-bond acceptors (Lipinski definition) is 4. The molecule has 0 radical (unpaired) electrons. The topological polar surface area (TPSA) is 69.0 Å². The van der Waals surface area contributed by atoms with E-state index in [0.29, 0.717) is 27.4 Å². The first-order valence-corrected chi connectivity index (χ1v) is 10.8. The highest BCUT2D eigenvalue weighted by Gasteiger charge is 2.15. The standard InChI is InChI=1S/C24H22Cl2N4O2/c1-13-7-15(3)24-18(8-13)14(2)9-21(28-24)30-22(10-16(4)29-30)27-23(31)12-32-20-6-5-17(25)11-19(20)26/h5-11H,12H2,1-4H3,(H,27,31). The molecule has 0 unspecified atom stereocenters. The fourth-order valence-corrected chi connectivity index (χ4v) is 4.08. The molecule has 0 aliphatic carbocycles. The lowest BCUT2D eigenvalue weighted by atomic mass is 10.0. The number of rotatable bonds is 5. The van der Waals surface area contributed by atoms with Crippen LogP contribution in [0.4, 0.5) is 5.82 Å². The Hall–Kier alpha value is -3.09. The highest BCUT2D eigenvalue weighted by atomic mass is 35.5. The van der Waals surface area contributed by atoms with Crippen LogP contribution in [0.3, 0.4) is 0 Å². The molecule has 0 saturated carbocycles. The number of benzene rings is 2. The number of carbonyl (C=O) groups excluding carboxylic acids is 1. The zero-order chi connectivity index (χ0) is 23.0. The van der Waals surface area contributed by atoms with Gasteiger partial charge in [0.05, 0.1) is 16.2 Å². The number of halogens is 2. The lowest BCUT2D eigenvalue weighted by molar-refractivity contribution is -0.118. The third-order valence-corrected chi connectivity index (χ3v) is 5.54. The Morgan fingerprint density at radius 3 is 2.56 bits per heavy atom. The first-order valence-electron chi connectivity index (χ1n) is 10.0. The van der Waals surface area contributed by atoms with Crippen molar-refractivity contribution in [1.82, 2.24) is 14.8 Å². The van der Waals surface area contributed by atoms with Crippen LogP contribution in [-0.2, 0) is 4.79 Å². The van der Waals surface area contributed by atoms with Gasteiger partial charge in [0.2, 0.25) is 0 Å². The van der Waals surface area contributed by atoms with Gasteiger partial charge in [-0.2, -0.15) is 9.78 Å². The van der Waals surface area contributed by atoms with Gasteiger partial charge in [-0.05, 0) is 69.2 Å². The molecule has 0 aliphatic heterocycles. The van der Waals surface area contributed by atoms with Crippen LogP contribution in [0.1, 0.15) is 22.4 Å². The van der Waals surface area contributed by atoms with Crippen LogP contribution in [0.15, 0.2) is 42.5 Å². The van der Waals surface area contributed by atoms with Crippen molar-refractivity contribution in [3.05, 3.63) is 74.9 Å². The average molecular weight is 469 g/mol. The molecule has 0 saturated heterocycles. The Labute approximate surface area is 196 Å². The highest BCUT2D eigenvalue weighted by molar-refractivity contribution is 6.35. The van der Waals surface area contributed by atoms with E-state index in [4.69, 9.17) is 32.9 Å². The summed E-state index contributed by atoms with van der Waals surface area (Å²) in [4.78, 5) is 17.4. The van der Waals surface area contributed by atoms with Crippen molar-refractivity contribution in [1.29, 1.82) is 0 Å². The number of aryl methyl sites for hydroxylation is 4. The van der Waals surface area contributed by atoms with Crippen molar-refractivity contribution < 1.29 is 9.53 Å². The molecular weight excluding hydrogens is 447 g/mol. The third-order valence-electron chi connectivity index (χ3n) is 5.01. The number of ether oxygens (including phenoxy) is 1. The van der Waals surface area contributed by atoms with Gasteiger partial charge in [0, 0.05) is 16.5 Å². The van der Waals surface area contributed by atoms with Crippen LogP contribution in [-0.4, -0.2) is 27.3 Å². The Bertz CT molecular complexity index is 1350. The lowest BCUT2D eigenvalue weighted by Crippen LogP contribution is -2.22. The maximum absolute atomic E-state index is 12.6. The number of amides is 1. The normalized spacial score (nSPS) is 11.1. The summed E-state index contributed by atoms with van der Waals surface area (Å²) in [5, 5.41) is 9.32. The molecular formula is C24H22Cl2N4O2. The number of fused-ring (bicyclic) bond motifs is 1. The van der Waals surface area contributed by atoms with E-state index in [-0.39, 0.29) is 12.5 Å². The van der Waals surface area contributed by atoms with Gasteiger partial charge in [-0.1, -0.05) is 34.8 Å². The molecule has 1 amide bonds. The van der Waals surface area contributed by atoms with Crippen molar-refractivity contribution in [2.75, 3.05) is 11.9 Å². The quantitative estimate of drug-likeness (QED) is 0.391. The minimum Gasteiger partial charge on any atom is -0.482 e. The fraction of sp³-hybridized carbons (Fsp3) is 0.208. The van der Waals surface area contributed by atoms with Gasteiger partial charge in [-0.3, -0.25) is 4.79 Å². The lowest BCUT2D eigenvalue weighted by Gasteiger charge is -2.13.